The van der Waals surface area contributed by atoms with E-state index in [1.807, 2.05) is 24.3 Å². The molecular formula is C16H17NO3. The summed E-state index contributed by atoms with van der Waals surface area (Å²) in [6.45, 7) is 4.18. The first-order valence-electron chi connectivity index (χ1n) is 6.64. The number of carbonyl (C=O) groups is 1. The van der Waals surface area contributed by atoms with Crippen LogP contribution in [0.4, 0.5) is 0 Å². The molecule has 0 aliphatic rings. The molecule has 0 amide bonds. The second-order valence-corrected chi connectivity index (χ2v) is 4.22. The number of nitrogens with zero attached hydrogens (tertiary/aromatic N) is 1. The second kappa shape index (κ2) is 6.70. The molecule has 2 aromatic rings. The average molecular weight is 271 g/mol. The number of benzene rings is 1. The van der Waals surface area contributed by atoms with Crippen molar-refractivity contribution in [2.45, 2.75) is 20.3 Å². The summed E-state index contributed by atoms with van der Waals surface area (Å²) >= 11 is 0. The molecule has 0 unspecified atom stereocenters. The summed E-state index contributed by atoms with van der Waals surface area (Å²) in [4.78, 5) is 11.5. The number of rotatable bonds is 5. The van der Waals surface area contributed by atoms with Crippen LogP contribution in [0, 0.1) is 0 Å². The van der Waals surface area contributed by atoms with E-state index in [2.05, 4.69) is 18.1 Å². The van der Waals surface area contributed by atoms with E-state index in [0.717, 1.165) is 12.0 Å². The maximum atomic E-state index is 11.5. The minimum atomic E-state index is -0.468. The molecule has 0 bridgehead atoms. The van der Waals surface area contributed by atoms with Crippen LogP contribution in [0.3, 0.4) is 0 Å². The van der Waals surface area contributed by atoms with E-state index in [9.17, 15) is 4.79 Å². The van der Waals surface area contributed by atoms with E-state index < -0.39 is 5.97 Å². The molecule has 104 valence electrons. The molecule has 0 aliphatic carbocycles. The number of esters is 1. The van der Waals surface area contributed by atoms with Gasteiger partial charge in [-0.25, -0.2) is 4.79 Å². The third-order valence-corrected chi connectivity index (χ3v) is 2.88. The van der Waals surface area contributed by atoms with Crippen molar-refractivity contribution in [2.75, 3.05) is 6.61 Å². The normalized spacial score (nSPS) is 10.9. The maximum absolute atomic E-state index is 11.5. The van der Waals surface area contributed by atoms with Gasteiger partial charge in [0.15, 0.2) is 11.5 Å². The Morgan fingerprint density at radius 2 is 2.10 bits per heavy atom. The minimum Gasteiger partial charge on any atom is -0.461 e. The Labute approximate surface area is 118 Å². The summed E-state index contributed by atoms with van der Waals surface area (Å²) < 4.78 is 9.94. The molecule has 0 radical (unpaired) electrons. The van der Waals surface area contributed by atoms with Gasteiger partial charge >= 0.3 is 5.97 Å². The first-order chi connectivity index (χ1) is 9.74. The molecule has 20 heavy (non-hydrogen) atoms. The van der Waals surface area contributed by atoms with Crippen molar-refractivity contribution in [3.63, 3.8) is 0 Å². The van der Waals surface area contributed by atoms with Crippen LogP contribution in [-0.2, 0) is 11.2 Å². The van der Waals surface area contributed by atoms with Crippen molar-refractivity contribution in [2.24, 2.45) is 0 Å². The first-order valence-corrected chi connectivity index (χ1v) is 6.64. The summed E-state index contributed by atoms with van der Waals surface area (Å²) in [5.41, 5.74) is 2.58. The van der Waals surface area contributed by atoms with E-state index in [4.69, 9.17) is 9.26 Å². The Balaban J connectivity index is 2.14. The number of carbonyl (C=O) groups excluding carboxylic acids is 1. The molecule has 0 aliphatic heterocycles. The molecular weight excluding hydrogens is 254 g/mol. The Kier molecular flexibility index (Phi) is 4.71. The lowest BCUT2D eigenvalue weighted by atomic mass is 10.0. The summed E-state index contributed by atoms with van der Waals surface area (Å²) in [5, 5.41) is 3.69. The van der Waals surface area contributed by atoms with Gasteiger partial charge in [-0.15, -0.1) is 0 Å². The van der Waals surface area contributed by atoms with E-state index in [1.54, 1.807) is 19.1 Å². The standard InChI is InChI=1S/C16H17NO3/c1-3-12-7-5-6-8-13(12)9-10-14-11-15(17-20-14)16(18)19-4-2/h5-11H,3-4H2,1-2H3/b10-9+. The molecule has 1 aromatic carbocycles. The van der Waals surface area contributed by atoms with Gasteiger partial charge in [-0.2, -0.15) is 0 Å². The Morgan fingerprint density at radius 3 is 2.85 bits per heavy atom. The molecule has 0 atom stereocenters. The zero-order valence-electron chi connectivity index (χ0n) is 11.6. The molecule has 1 heterocycles. The third kappa shape index (κ3) is 3.35. The van der Waals surface area contributed by atoms with Gasteiger partial charge in [-0.05, 0) is 30.5 Å². The number of aryl methyl sites for hydroxylation is 1. The predicted molar refractivity (Wildman–Crippen MR) is 77.2 cm³/mol. The van der Waals surface area contributed by atoms with Gasteiger partial charge in [0, 0.05) is 6.07 Å². The quantitative estimate of drug-likeness (QED) is 0.780. The first kappa shape index (κ1) is 14.1. The molecule has 2 rings (SSSR count). The monoisotopic (exact) mass is 271 g/mol. The highest BCUT2D eigenvalue weighted by molar-refractivity contribution is 5.87. The molecule has 0 spiro atoms. The molecule has 0 saturated carbocycles. The molecule has 0 saturated heterocycles. The second-order valence-electron chi connectivity index (χ2n) is 4.22. The molecule has 0 N–H and O–H groups in total. The maximum Gasteiger partial charge on any atom is 0.360 e. The van der Waals surface area contributed by atoms with Crippen LogP contribution in [0.5, 0.6) is 0 Å². The van der Waals surface area contributed by atoms with Gasteiger partial charge in [0.1, 0.15) is 0 Å². The summed E-state index contributed by atoms with van der Waals surface area (Å²) in [7, 11) is 0. The zero-order chi connectivity index (χ0) is 14.4. The van der Waals surface area contributed by atoms with Crippen LogP contribution in [0.1, 0.15) is 41.2 Å². The molecule has 4 heteroatoms. The van der Waals surface area contributed by atoms with E-state index in [1.165, 1.54) is 5.56 Å². The number of hydrogen-bond acceptors (Lipinski definition) is 4. The van der Waals surface area contributed by atoms with Crippen molar-refractivity contribution in [3.8, 4) is 0 Å². The van der Waals surface area contributed by atoms with Crippen LogP contribution in [0.25, 0.3) is 12.2 Å². The lowest BCUT2D eigenvalue weighted by Crippen LogP contribution is -2.04. The summed E-state index contributed by atoms with van der Waals surface area (Å²) in [5.74, 6) is 0.0591. The van der Waals surface area contributed by atoms with Gasteiger partial charge in [0.2, 0.25) is 0 Å². The van der Waals surface area contributed by atoms with E-state index in [0.29, 0.717) is 12.4 Å². The van der Waals surface area contributed by atoms with Crippen molar-refractivity contribution in [1.82, 2.24) is 5.16 Å². The lowest BCUT2D eigenvalue weighted by Gasteiger charge is -2.00. The molecule has 0 fully saturated rings. The highest BCUT2D eigenvalue weighted by atomic mass is 16.5. The summed E-state index contributed by atoms with van der Waals surface area (Å²) in [6.07, 6.45) is 4.71. The Hall–Kier alpha value is -2.36. The van der Waals surface area contributed by atoms with Crippen LogP contribution in [0.2, 0.25) is 0 Å². The van der Waals surface area contributed by atoms with Crippen molar-refractivity contribution >= 4 is 18.1 Å². The number of aromatic nitrogens is 1. The third-order valence-electron chi connectivity index (χ3n) is 2.88. The van der Waals surface area contributed by atoms with Crippen LogP contribution in [-0.4, -0.2) is 17.7 Å². The predicted octanol–water partition coefficient (Wildman–Crippen LogP) is 3.58. The van der Waals surface area contributed by atoms with Gasteiger partial charge in [-0.1, -0.05) is 42.4 Å². The van der Waals surface area contributed by atoms with Crippen LogP contribution >= 0.6 is 0 Å². The van der Waals surface area contributed by atoms with Crippen molar-refractivity contribution in [1.29, 1.82) is 0 Å². The lowest BCUT2D eigenvalue weighted by molar-refractivity contribution is 0.0514. The SMILES string of the molecule is CCOC(=O)c1cc(/C=C/c2ccccc2CC)on1. The largest absolute Gasteiger partial charge is 0.461 e. The van der Waals surface area contributed by atoms with Crippen molar-refractivity contribution < 1.29 is 14.1 Å². The number of hydrogen-bond donors (Lipinski definition) is 0. The Bertz CT molecular complexity index is 614. The van der Waals surface area contributed by atoms with Gasteiger partial charge in [-0.3, -0.25) is 0 Å². The van der Waals surface area contributed by atoms with Gasteiger partial charge in [0.25, 0.3) is 0 Å². The van der Waals surface area contributed by atoms with Crippen LogP contribution in [0.15, 0.2) is 34.9 Å². The van der Waals surface area contributed by atoms with E-state index >= 15 is 0 Å². The van der Waals surface area contributed by atoms with Crippen LogP contribution < -0.4 is 0 Å². The van der Waals surface area contributed by atoms with Crippen molar-refractivity contribution in [3.05, 3.63) is 52.9 Å². The van der Waals surface area contributed by atoms with Gasteiger partial charge in [0.05, 0.1) is 6.61 Å². The smallest absolute Gasteiger partial charge is 0.360 e. The zero-order valence-corrected chi connectivity index (χ0v) is 11.6. The minimum absolute atomic E-state index is 0.190. The molecule has 1 aromatic heterocycles. The van der Waals surface area contributed by atoms with E-state index in [-0.39, 0.29) is 5.69 Å². The average Bonchev–Trinajstić information content (AvgIpc) is 2.94. The topological polar surface area (TPSA) is 52.3 Å². The fourth-order valence-corrected chi connectivity index (χ4v) is 1.86. The number of ether oxygens (including phenoxy) is 1. The highest BCUT2D eigenvalue weighted by Crippen LogP contribution is 2.14. The highest BCUT2D eigenvalue weighted by Gasteiger charge is 2.11. The molecule has 4 nitrogen and oxygen atoms in total. The fourth-order valence-electron chi connectivity index (χ4n) is 1.86. The summed E-state index contributed by atoms with van der Waals surface area (Å²) in [6, 6.07) is 9.71. The fraction of sp³-hybridized carbons (Fsp3) is 0.250. The van der Waals surface area contributed by atoms with Gasteiger partial charge < -0.3 is 9.26 Å². The Morgan fingerprint density at radius 1 is 1.30 bits per heavy atom.